The van der Waals surface area contributed by atoms with Crippen molar-refractivity contribution >= 4 is 11.6 Å². The maximum atomic E-state index is 13.1. The van der Waals surface area contributed by atoms with Gasteiger partial charge >= 0.3 is 0 Å². The number of nitrogens with one attached hydrogen (secondary N) is 2. The number of anilines is 1. The number of rotatable bonds is 5. The molecule has 0 aliphatic carbocycles. The summed E-state index contributed by atoms with van der Waals surface area (Å²) in [5, 5.41) is 14.9. The Morgan fingerprint density at radius 3 is 2.48 bits per heavy atom. The maximum absolute atomic E-state index is 13.1. The van der Waals surface area contributed by atoms with Crippen LogP contribution in [-0.2, 0) is 11.3 Å². The van der Waals surface area contributed by atoms with Gasteiger partial charge in [0.05, 0.1) is 0 Å². The van der Waals surface area contributed by atoms with Gasteiger partial charge < -0.3 is 10.6 Å². The highest BCUT2D eigenvalue weighted by molar-refractivity contribution is 6.07. The Morgan fingerprint density at radius 2 is 1.88 bits per heavy atom. The fourth-order valence-electron chi connectivity index (χ4n) is 2.62. The van der Waals surface area contributed by atoms with Crippen LogP contribution in [0.4, 0.5) is 10.1 Å². The molecule has 0 saturated carbocycles. The lowest BCUT2D eigenvalue weighted by molar-refractivity contribution is -0.112. The summed E-state index contributed by atoms with van der Waals surface area (Å²) in [4.78, 5) is 12.3. The first-order valence-electron chi connectivity index (χ1n) is 7.88. The van der Waals surface area contributed by atoms with E-state index < -0.39 is 5.91 Å². The molecule has 0 spiro atoms. The summed E-state index contributed by atoms with van der Waals surface area (Å²) in [6, 6.07) is 12.0. The third-order valence-corrected chi connectivity index (χ3v) is 3.72. The molecule has 4 nitrogen and oxygen atoms in total. The number of amides is 1. The van der Waals surface area contributed by atoms with E-state index >= 15 is 0 Å². The third-order valence-electron chi connectivity index (χ3n) is 3.72. The number of nitriles is 1. The van der Waals surface area contributed by atoms with E-state index in [4.69, 9.17) is 0 Å². The molecule has 2 aromatic carbocycles. The Balaban J connectivity index is 2.07. The van der Waals surface area contributed by atoms with Crippen LogP contribution in [0.3, 0.4) is 0 Å². The van der Waals surface area contributed by atoms with Gasteiger partial charge in [-0.05, 0) is 49.6 Å². The first kappa shape index (κ1) is 18.2. The van der Waals surface area contributed by atoms with Crippen LogP contribution in [0.25, 0.3) is 0 Å². The number of aryl methyl sites for hydroxylation is 3. The van der Waals surface area contributed by atoms with E-state index in [2.05, 4.69) is 10.6 Å². The molecular weight excluding hydrogens is 317 g/mol. The number of carbonyl (C=O) groups is 1. The van der Waals surface area contributed by atoms with E-state index in [-0.39, 0.29) is 11.4 Å². The highest BCUT2D eigenvalue weighted by atomic mass is 19.1. The molecule has 0 aromatic heterocycles. The van der Waals surface area contributed by atoms with E-state index in [1.165, 1.54) is 18.3 Å². The van der Waals surface area contributed by atoms with Crippen molar-refractivity contribution in [1.29, 1.82) is 5.26 Å². The van der Waals surface area contributed by atoms with Gasteiger partial charge in [-0.25, -0.2) is 4.39 Å². The average molecular weight is 337 g/mol. The molecule has 0 radical (unpaired) electrons. The van der Waals surface area contributed by atoms with Gasteiger partial charge in [0.2, 0.25) is 0 Å². The van der Waals surface area contributed by atoms with Gasteiger partial charge in [-0.1, -0.05) is 29.8 Å². The Morgan fingerprint density at radius 1 is 1.20 bits per heavy atom. The van der Waals surface area contributed by atoms with Crippen molar-refractivity contribution in [3.63, 3.8) is 0 Å². The molecule has 0 unspecified atom stereocenters. The second-order valence-electron chi connectivity index (χ2n) is 5.91. The van der Waals surface area contributed by atoms with Crippen LogP contribution >= 0.6 is 0 Å². The molecule has 25 heavy (non-hydrogen) atoms. The molecular formula is C20H20FN3O. The number of hydrogen-bond donors (Lipinski definition) is 2. The fraction of sp³-hybridized carbons (Fsp3) is 0.200. The molecule has 0 aliphatic heterocycles. The Hall–Kier alpha value is -3.13. The van der Waals surface area contributed by atoms with Crippen LogP contribution in [0.5, 0.6) is 0 Å². The monoisotopic (exact) mass is 337 g/mol. The zero-order chi connectivity index (χ0) is 18.4. The first-order chi connectivity index (χ1) is 11.9. The summed E-state index contributed by atoms with van der Waals surface area (Å²) in [6.07, 6.45) is 1.35. The lowest BCUT2D eigenvalue weighted by atomic mass is 10.0. The van der Waals surface area contributed by atoms with Crippen molar-refractivity contribution < 1.29 is 9.18 Å². The predicted octanol–water partition coefficient (Wildman–Crippen LogP) is 3.89. The highest BCUT2D eigenvalue weighted by Gasteiger charge is 2.12. The molecule has 0 heterocycles. The molecule has 0 saturated heterocycles. The molecule has 2 aromatic rings. The van der Waals surface area contributed by atoms with Crippen LogP contribution in [0.2, 0.25) is 0 Å². The molecule has 5 heteroatoms. The van der Waals surface area contributed by atoms with Crippen molar-refractivity contribution in [3.05, 3.63) is 76.2 Å². The quantitative estimate of drug-likeness (QED) is 0.643. The van der Waals surface area contributed by atoms with E-state index in [0.717, 1.165) is 22.3 Å². The lowest BCUT2D eigenvalue weighted by Gasteiger charge is -2.12. The first-order valence-corrected chi connectivity index (χ1v) is 7.88. The van der Waals surface area contributed by atoms with Crippen LogP contribution in [0, 0.1) is 37.9 Å². The lowest BCUT2D eigenvalue weighted by Crippen LogP contribution is -2.18. The normalized spacial score (nSPS) is 10.9. The minimum atomic E-state index is -0.482. The maximum Gasteiger partial charge on any atom is 0.267 e. The van der Waals surface area contributed by atoms with Gasteiger partial charge in [0.15, 0.2) is 0 Å². The minimum Gasteiger partial charge on any atom is -0.386 e. The van der Waals surface area contributed by atoms with E-state index in [1.807, 2.05) is 39.0 Å². The zero-order valence-corrected chi connectivity index (χ0v) is 14.5. The summed E-state index contributed by atoms with van der Waals surface area (Å²) >= 11 is 0. The molecule has 0 fully saturated rings. The largest absolute Gasteiger partial charge is 0.386 e. The van der Waals surface area contributed by atoms with E-state index in [1.54, 1.807) is 12.1 Å². The topological polar surface area (TPSA) is 64.9 Å². The molecule has 128 valence electrons. The van der Waals surface area contributed by atoms with E-state index in [9.17, 15) is 14.4 Å². The standard InChI is InChI=1S/C20H20FN3O/c1-13-7-14(2)19(15(3)8-13)24-20(25)17(10-22)12-23-11-16-5-4-6-18(21)9-16/h4-9,12,23H,11H2,1-3H3,(H,24,25)/b17-12-. The number of carbonyl (C=O) groups excluding carboxylic acids is 1. The van der Waals surface area contributed by atoms with Crippen LogP contribution < -0.4 is 10.6 Å². The average Bonchev–Trinajstić information content (AvgIpc) is 2.55. The number of halogens is 1. The van der Waals surface area contributed by atoms with Crippen molar-refractivity contribution in [1.82, 2.24) is 5.32 Å². The van der Waals surface area contributed by atoms with Crippen molar-refractivity contribution in [2.45, 2.75) is 27.3 Å². The number of benzene rings is 2. The molecule has 2 N–H and O–H groups in total. The zero-order valence-electron chi connectivity index (χ0n) is 14.5. The molecule has 1 amide bonds. The summed E-state index contributed by atoms with van der Waals surface area (Å²) in [6.45, 7) is 6.13. The van der Waals surface area contributed by atoms with Crippen LogP contribution in [0.1, 0.15) is 22.3 Å². The Kier molecular flexibility index (Phi) is 5.91. The third kappa shape index (κ3) is 4.92. The van der Waals surface area contributed by atoms with Crippen molar-refractivity contribution in [2.75, 3.05) is 5.32 Å². The fourth-order valence-corrected chi connectivity index (χ4v) is 2.62. The second-order valence-corrected chi connectivity index (χ2v) is 5.91. The number of hydrogen-bond acceptors (Lipinski definition) is 3. The van der Waals surface area contributed by atoms with Crippen LogP contribution in [-0.4, -0.2) is 5.91 Å². The Labute approximate surface area is 147 Å². The van der Waals surface area contributed by atoms with Gasteiger partial charge in [0.1, 0.15) is 17.5 Å². The molecule has 0 bridgehead atoms. The Bertz CT molecular complexity index is 842. The molecule has 0 aliphatic rings. The van der Waals surface area contributed by atoms with Gasteiger partial charge in [0.25, 0.3) is 5.91 Å². The van der Waals surface area contributed by atoms with Gasteiger partial charge in [-0.3, -0.25) is 4.79 Å². The van der Waals surface area contributed by atoms with E-state index in [0.29, 0.717) is 12.2 Å². The predicted molar refractivity (Wildman–Crippen MR) is 96.2 cm³/mol. The summed E-state index contributed by atoms with van der Waals surface area (Å²) in [7, 11) is 0. The minimum absolute atomic E-state index is 0.0456. The van der Waals surface area contributed by atoms with Crippen molar-refractivity contribution in [2.24, 2.45) is 0 Å². The van der Waals surface area contributed by atoms with Crippen molar-refractivity contribution in [3.8, 4) is 6.07 Å². The van der Waals surface area contributed by atoms with Gasteiger partial charge in [0, 0.05) is 18.4 Å². The smallest absolute Gasteiger partial charge is 0.267 e. The van der Waals surface area contributed by atoms with Gasteiger partial charge in [-0.15, -0.1) is 0 Å². The number of nitrogens with zero attached hydrogens (tertiary/aromatic N) is 1. The summed E-state index contributed by atoms with van der Waals surface area (Å²) < 4.78 is 13.1. The van der Waals surface area contributed by atoms with Gasteiger partial charge in [-0.2, -0.15) is 5.26 Å². The summed E-state index contributed by atoms with van der Waals surface area (Å²) in [5.74, 6) is -0.809. The highest BCUT2D eigenvalue weighted by Crippen LogP contribution is 2.22. The molecule has 0 atom stereocenters. The molecule has 2 rings (SSSR count). The SMILES string of the molecule is Cc1cc(C)c(NC(=O)/C(C#N)=C\NCc2cccc(F)c2)c(C)c1. The van der Waals surface area contributed by atoms with Crippen LogP contribution in [0.15, 0.2) is 48.2 Å². The summed E-state index contributed by atoms with van der Waals surface area (Å²) in [5.41, 5.74) is 4.38. The second kappa shape index (κ2) is 8.11.